The number of hydrogen-bond acceptors (Lipinski definition) is 4. The van der Waals surface area contributed by atoms with E-state index in [9.17, 15) is 9.90 Å². The molecule has 2 aromatic rings. The molecule has 0 saturated carbocycles. The normalized spacial score (nSPS) is 9.00. The van der Waals surface area contributed by atoms with Gasteiger partial charge in [0.1, 0.15) is 6.54 Å². The topological polar surface area (TPSA) is 93.5 Å². The molecule has 0 aliphatic carbocycles. The van der Waals surface area contributed by atoms with Gasteiger partial charge in [0.05, 0.1) is 17.4 Å². The smallest absolute Gasteiger partial charge is 0.117 e. The van der Waals surface area contributed by atoms with E-state index in [0.717, 1.165) is 12.2 Å². The highest BCUT2D eigenvalue weighted by molar-refractivity contribution is 5.83. The Morgan fingerprint density at radius 3 is 2.06 bits per heavy atom. The van der Waals surface area contributed by atoms with Gasteiger partial charge in [-0.1, -0.05) is 12.1 Å². The van der Waals surface area contributed by atoms with E-state index in [4.69, 9.17) is 0 Å². The van der Waals surface area contributed by atoms with Crippen LogP contribution in [0.1, 0.15) is 16.2 Å². The van der Waals surface area contributed by atoms with Gasteiger partial charge in [0, 0.05) is 12.4 Å². The molecular formula is C12H13N3O2. The predicted octanol–water partition coefficient (Wildman–Crippen LogP) is -0.731. The Kier molecular flexibility index (Phi) is 5.33. The van der Waals surface area contributed by atoms with E-state index < -0.39 is 5.97 Å². The number of carbonyl (C=O) groups excluding carboxylic acids is 1. The quantitative estimate of drug-likeness (QED) is 0.737. The highest BCUT2D eigenvalue weighted by atomic mass is 16.4. The summed E-state index contributed by atoms with van der Waals surface area (Å²) < 4.78 is 0. The van der Waals surface area contributed by atoms with Crippen molar-refractivity contribution in [3.63, 3.8) is 0 Å². The van der Waals surface area contributed by atoms with Crippen molar-refractivity contribution in [1.29, 1.82) is 0 Å². The number of quaternary nitrogens is 1. The minimum Gasteiger partial charge on any atom is -0.543 e. The zero-order valence-electron chi connectivity index (χ0n) is 9.24. The van der Waals surface area contributed by atoms with Gasteiger partial charge >= 0.3 is 0 Å². The summed E-state index contributed by atoms with van der Waals surface area (Å²) in [7, 11) is 0. The molecule has 5 heteroatoms. The lowest BCUT2D eigenvalue weighted by Gasteiger charge is -1.96. The number of pyridine rings is 2. The van der Waals surface area contributed by atoms with Gasteiger partial charge < -0.3 is 15.6 Å². The average molecular weight is 231 g/mol. The summed E-state index contributed by atoms with van der Waals surface area (Å²) in [5, 5.41) is 10.0. The molecule has 3 N–H and O–H groups in total. The first-order valence-corrected chi connectivity index (χ1v) is 5.05. The third-order valence-electron chi connectivity index (χ3n) is 1.86. The summed E-state index contributed by atoms with van der Waals surface area (Å²) in [6, 6.07) is 10.5. The van der Waals surface area contributed by atoms with Crippen LogP contribution < -0.4 is 10.8 Å². The number of aromatic carboxylic acids is 1. The number of carboxylic acid groups (broad SMARTS) is 1. The molecule has 0 spiro atoms. The lowest BCUT2D eigenvalue weighted by molar-refractivity contribution is -0.387. The van der Waals surface area contributed by atoms with Gasteiger partial charge in [-0.2, -0.15) is 0 Å². The van der Waals surface area contributed by atoms with E-state index in [2.05, 4.69) is 15.7 Å². The molecule has 0 aliphatic rings. The molecule has 0 atom stereocenters. The van der Waals surface area contributed by atoms with Crippen molar-refractivity contribution in [2.24, 2.45) is 0 Å². The molecule has 0 aliphatic heterocycles. The monoisotopic (exact) mass is 231 g/mol. The fourth-order valence-electron chi connectivity index (χ4n) is 1.03. The number of carboxylic acids is 1. The number of hydrogen-bond donors (Lipinski definition) is 1. The van der Waals surface area contributed by atoms with Gasteiger partial charge in [-0.25, -0.2) is 0 Å². The standard InChI is InChI=1S/C6H8N2.C6H5NO2/c7-5-6-3-1-2-4-8-6;8-6(9)5-3-1-2-4-7-5/h1-4H,5,7H2;1-4H,(H,8,9). The summed E-state index contributed by atoms with van der Waals surface area (Å²) in [6.07, 6.45) is 3.19. The number of aromatic nitrogens is 2. The molecule has 0 unspecified atom stereocenters. The summed E-state index contributed by atoms with van der Waals surface area (Å²) >= 11 is 0. The fourth-order valence-corrected chi connectivity index (χ4v) is 1.03. The minimum absolute atomic E-state index is 0.0301. The van der Waals surface area contributed by atoms with Crippen LogP contribution in [0.4, 0.5) is 0 Å². The van der Waals surface area contributed by atoms with Crippen LogP contribution >= 0.6 is 0 Å². The lowest BCUT2D eigenvalue weighted by Crippen LogP contribution is -2.47. The van der Waals surface area contributed by atoms with Gasteiger partial charge in [0.2, 0.25) is 0 Å². The number of rotatable bonds is 2. The Balaban J connectivity index is 0.000000171. The molecule has 2 rings (SSSR count). The lowest BCUT2D eigenvalue weighted by atomic mass is 10.4. The highest BCUT2D eigenvalue weighted by Gasteiger charge is 1.88. The third kappa shape index (κ3) is 4.85. The molecule has 0 fully saturated rings. The van der Waals surface area contributed by atoms with E-state index >= 15 is 0 Å². The van der Waals surface area contributed by atoms with Crippen LogP contribution in [0.5, 0.6) is 0 Å². The maximum absolute atomic E-state index is 10.0. The molecule has 88 valence electrons. The molecular weight excluding hydrogens is 218 g/mol. The van der Waals surface area contributed by atoms with Gasteiger partial charge in [-0.15, -0.1) is 0 Å². The van der Waals surface area contributed by atoms with E-state index in [1.807, 2.05) is 18.2 Å². The van der Waals surface area contributed by atoms with Crippen molar-refractivity contribution in [3.05, 3.63) is 60.2 Å². The van der Waals surface area contributed by atoms with Crippen molar-refractivity contribution < 1.29 is 15.6 Å². The summed E-state index contributed by atoms with van der Waals surface area (Å²) in [4.78, 5) is 17.6. The van der Waals surface area contributed by atoms with Crippen LogP contribution in [0.3, 0.4) is 0 Å². The van der Waals surface area contributed by atoms with Crippen LogP contribution in [0.15, 0.2) is 48.8 Å². The maximum atomic E-state index is 10.0. The first kappa shape index (κ1) is 12.8. The highest BCUT2D eigenvalue weighted by Crippen LogP contribution is 1.88. The Labute approximate surface area is 99.0 Å². The minimum atomic E-state index is -1.24. The van der Waals surface area contributed by atoms with Crippen LogP contribution in [0.25, 0.3) is 0 Å². The molecule has 0 amide bonds. The first-order valence-electron chi connectivity index (χ1n) is 5.05. The van der Waals surface area contributed by atoms with E-state index in [1.54, 1.807) is 18.3 Å². The Morgan fingerprint density at radius 2 is 1.76 bits per heavy atom. The predicted molar refractivity (Wildman–Crippen MR) is 59.4 cm³/mol. The van der Waals surface area contributed by atoms with Crippen molar-refractivity contribution >= 4 is 5.97 Å². The van der Waals surface area contributed by atoms with Gasteiger partial charge in [0.15, 0.2) is 0 Å². The molecule has 0 radical (unpaired) electrons. The zero-order chi connectivity index (χ0) is 12.5. The van der Waals surface area contributed by atoms with Gasteiger partial charge in [-0.3, -0.25) is 9.97 Å². The Morgan fingerprint density at radius 1 is 1.12 bits per heavy atom. The second-order valence-electron chi connectivity index (χ2n) is 3.07. The van der Waals surface area contributed by atoms with E-state index in [-0.39, 0.29) is 5.69 Å². The first-order chi connectivity index (χ1) is 8.24. The molecule has 0 bridgehead atoms. The largest absolute Gasteiger partial charge is 0.543 e. The molecule has 0 saturated heterocycles. The average Bonchev–Trinajstić information content (AvgIpc) is 2.41. The van der Waals surface area contributed by atoms with Crippen LogP contribution in [0, 0.1) is 0 Å². The molecule has 17 heavy (non-hydrogen) atoms. The Hall–Kier alpha value is -2.27. The van der Waals surface area contributed by atoms with Gasteiger partial charge in [-0.05, 0) is 24.3 Å². The third-order valence-corrected chi connectivity index (χ3v) is 1.86. The van der Waals surface area contributed by atoms with Crippen LogP contribution in [-0.4, -0.2) is 15.9 Å². The number of carbonyl (C=O) groups is 1. The van der Waals surface area contributed by atoms with Gasteiger partial charge in [0.25, 0.3) is 0 Å². The van der Waals surface area contributed by atoms with E-state index in [1.165, 1.54) is 12.3 Å². The number of nitrogens with zero attached hydrogens (tertiary/aromatic N) is 2. The van der Waals surface area contributed by atoms with Crippen molar-refractivity contribution in [2.45, 2.75) is 6.54 Å². The fraction of sp³-hybridized carbons (Fsp3) is 0.0833. The zero-order valence-corrected chi connectivity index (χ0v) is 9.24. The van der Waals surface area contributed by atoms with E-state index in [0.29, 0.717) is 0 Å². The second kappa shape index (κ2) is 7.08. The van der Waals surface area contributed by atoms with Crippen molar-refractivity contribution in [3.8, 4) is 0 Å². The van der Waals surface area contributed by atoms with Crippen LogP contribution in [0.2, 0.25) is 0 Å². The Bertz CT molecular complexity index is 446. The molecule has 0 aromatic carbocycles. The molecule has 2 heterocycles. The van der Waals surface area contributed by atoms with Crippen molar-refractivity contribution in [1.82, 2.24) is 9.97 Å². The summed E-state index contributed by atoms with van der Waals surface area (Å²) in [5.41, 5.74) is 4.71. The SMILES string of the molecule is O=C([O-])c1ccccn1.[NH3+]Cc1ccccn1. The van der Waals surface area contributed by atoms with Crippen molar-refractivity contribution in [2.75, 3.05) is 0 Å². The maximum Gasteiger partial charge on any atom is 0.117 e. The summed E-state index contributed by atoms with van der Waals surface area (Å²) in [5.74, 6) is -1.24. The summed E-state index contributed by atoms with van der Waals surface area (Å²) in [6.45, 7) is 0.779. The molecule has 2 aromatic heterocycles. The molecule has 5 nitrogen and oxygen atoms in total. The van der Waals surface area contributed by atoms with Crippen LogP contribution in [-0.2, 0) is 6.54 Å². The second-order valence-corrected chi connectivity index (χ2v) is 3.07.